The van der Waals surface area contributed by atoms with E-state index in [4.69, 9.17) is 17.3 Å². The zero-order chi connectivity index (χ0) is 9.42. The number of nitrogens with zero attached hydrogens (tertiary/aromatic N) is 1. The topological polar surface area (TPSA) is 38.9 Å². The molecule has 0 atom stereocenters. The molecule has 1 heterocycles. The zero-order valence-electron chi connectivity index (χ0n) is 7.62. The summed E-state index contributed by atoms with van der Waals surface area (Å²) in [6.45, 7) is 1.93. The Morgan fingerprint density at radius 2 is 2.00 bits per heavy atom. The summed E-state index contributed by atoms with van der Waals surface area (Å²) in [5.41, 5.74) is 7.54. The van der Waals surface area contributed by atoms with E-state index in [0.29, 0.717) is 5.82 Å². The maximum atomic E-state index is 5.85. The summed E-state index contributed by atoms with van der Waals surface area (Å²) in [5.74, 6) is 0.579. The summed E-state index contributed by atoms with van der Waals surface area (Å²) in [5, 5.41) is 1.75. The second-order valence-corrected chi connectivity index (χ2v) is 3.46. The molecule has 2 N–H and O–H groups in total. The Morgan fingerprint density at radius 3 is 2.71 bits per heavy atom. The first kappa shape index (κ1) is 11.1. The van der Waals surface area contributed by atoms with Gasteiger partial charge in [0.25, 0.3) is 0 Å². The maximum Gasteiger partial charge on any atom is 0.127 e. The summed E-state index contributed by atoms with van der Waals surface area (Å²) in [6, 6.07) is 7.55. The minimum atomic E-state index is 0. The number of rotatable bonds is 0. The van der Waals surface area contributed by atoms with Crippen molar-refractivity contribution in [2.45, 2.75) is 6.92 Å². The van der Waals surface area contributed by atoms with Crippen LogP contribution in [0.1, 0.15) is 5.56 Å². The van der Waals surface area contributed by atoms with Crippen LogP contribution in [-0.2, 0) is 0 Å². The highest BCUT2D eigenvalue weighted by Crippen LogP contribution is 2.21. The lowest BCUT2D eigenvalue weighted by Gasteiger charge is -2.02. The van der Waals surface area contributed by atoms with Gasteiger partial charge in [0.2, 0.25) is 0 Å². The number of benzene rings is 1. The van der Waals surface area contributed by atoms with Crippen molar-refractivity contribution in [1.82, 2.24) is 4.98 Å². The van der Waals surface area contributed by atoms with Gasteiger partial charge in [-0.1, -0.05) is 11.6 Å². The smallest absolute Gasteiger partial charge is 0.127 e. The van der Waals surface area contributed by atoms with Gasteiger partial charge in [0.15, 0.2) is 0 Å². The Balaban J connectivity index is 0.000000980. The third-order valence-electron chi connectivity index (χ3n) is 2.01. The van der Waals surface area contributed by atoms with Crippen LogP contribution in [0.5, 0.6) is 0 Å². The molecule has 0 bridgehead atoms. The van der Waals surface area contributed by atoms with Crippen molar-refractivity contribution in [2.24, 2.45) is 0 Å². The molecule has 2 rings (SSSR count). The first-order valence-electron chi connectivity index (χ1n) is 3.99. The lowest BCUT2D eigenvalue weighted by molar-refractivity contribution is 1.34. The molecule has 0 radical (unpaired) electrons. The number of fused-ring (bicyclic) bond motifs is 1. The minimum Gasteiger partial charge on any atom is -0.383 e. The van der Waals surface area contributed by atoms with Crippen molar-refractivity contribution in [3.8, 4) is 0 Å². The number of pyridine rings is 1. The van der Waals surface area contributed by atoms with E-state index < -0.39 is 0 Å². The number of nitrogen functional groups attached to an aromatic ring is 1. The van der Waals surface area contributed by atoms with Gasteiger partial charge >= 0.3 is 0 Å². The van der Waals surface area contributed by atoms with Gasteiger partial charge in [-0.2, -0.15) is 0 Å². The van der Waals surface area contributed by atoms with Gasteiger partial charge in [0, 0.05) is 10.4 Å². The van der Waals surface area contributed by atoms with Crippen LogP contribution in [0.15, 0.2) is 24.3 Å². The SMILES string of the molecule is Cc1cc2cc(Cl)ccc2nc1N.Cl. The van der Waals surface area contributed by atoms with Crippen molar-refractivity contribution >= 4 is 40.7 Å². The van der Waals surface area contributed by atoms with Gasteiger partial charge in [0.05, 0.1) is 5.52 Å². The molecule has 0 saturated carbocycles. The molecule has 74 valence electrons. The van der Waals surface area contributed by atoms with E-state index >= 15 is 0 Å². The summed E-state index contributed by atoms with van der Waals surface area (Å²) in [7, 11) is 0. The molecular formula is C10H10Cl2N2. The van der Waals surface area contributed by atoms with Crippen LogP contribution in [0.25, 0.3) is 10.9 Å². The molecule has 0 fully saturated rings. The normalized spacial score (nSPS) is 9.86. The number of aromatic nitrogens is 1. The summed E-state index contributed by atoms with van der Waals surface area (Å²) < 4.78 is 0. The molecule has 2 aromatic rings. The van der Waals surface area contributed by atoms with E-state index in [1.807, 2.05) is 31.2 Å². The van der Waals surface area contributed by atoms with Gasteiger partial charge in [-0.05, 0) is 36.8 Å². The molecule has 0 amide bonds. The van der Waals surface area contributed by atoms with Gasteiger partial charge in [-0.25, -0.2) is 4.98 Å². The third-order valence-corrected chi connectivity index (χ3v) is 2.24. The van der Waals surface area contributed by atoms with Crippen LogP contribution < -0.4 is 5.73 Å². The highest BCUT2D eigenvalue weighted by Gasteiger charge is 1.99. The Hall–Kier alpha value is -0.990. The predicted molar refractivity (Wildman–Crippen MR) is 63.2 cm³/mol. The standard InChI is InChI=1S/C10H9ClN2.ClH/c1-6-4-7-5-8(11)2-3-9(7)13-10(6)12;/h2-5H,1H3,(H2,12,13);1H. The largest absolute Gasteiger partial charge is 0.383 e. The maximum absolute atomic E-state index is 5.85. The van der Waals surface area contributed by atoms with Crippen LogP contribution in [0.3, 0.4) is 0 Å². The number of anilines is 1. The Bertz CT molecular complexity index is 469. The van der Waals surface area contributed by atoms with Gasteiger partial charge in [-0.15, -0.1) is 12.4 Å². The average molecular weight is 229 g/mol. The molecule has 0 saturated heterocycles. The predicted octanol–water partition coefficient (Wildman–Crippen LogP) is 3.20. The fraction of sp³-hybridized carbons (Fsp3) is 0.100. The van der Waals surface area contributed by atoms with Crippen molar-refractivity contribution in [3.05, 3.63) is 34.9 Å². The average Bonchev–Trinajstić information content (AvgIpc) is 2.08. The molecule has 0 aliphatic rings. The van der Waals surface area contributed by atoms with E-state index in [9.17, 15) is 0 Å². The van der Waals surface area contributed by atoms with E-state index in [1.54, 1.807) is 0 Å². The Kier molecular flexibility index (Phi) is 3.19. The lowest BCUT2D eigenvalue weighted by atomic mass is 10.1. The van der Waals surface area contributed by atoms with Crippen molar-refractivity contribution < 1.29 is 0 Å². The van der Waals surface area contributed by atoms with E-state index in [2.05, 4.69) is 4.98 Å². The highest BCUT2D eigenvalue weighted by molar-refractivity contribution is 6.31. The molecular weight excluding hydrogens is 219 g/mol. The lowest BCUT2D eigenvalue weighted by Crippen LogP contribution is -1.93. The van der Waals surface area contributed by atoms with Gasteiger partial charge in [-0.3, -0.25) is 0 Å². The quantitative estimate of drug-likeness (QED) is 0.753. The first-order chi connectivity index (χ1) is 6.16. The molecule has 0 unspecified atom stereocenters. The summed E-state index contributed by atoms with van der Waals surface area (Å²) in [4.78, 5) is 4.24. The fourth-order valence-electron chi connectivity index (χ4n) is 1.27. The Labute approximate surface area is 93.5 Å². The van der Waals surface area contributed by atoms with Gasteiger partial charge < -0.3 is 5.73 Å². The minimum absolute atomic E-state index is 0. The second-order valence-electron chi connectivity index (χ2n) is 3.03. The molecule has 2 nitrogen and oxygen atoms in total. The number of halogens is 2. The molecule has 4 heteroatoms. The first-order valence-corrected chi connectivity index (χ1v) is 4.37. The molecule has 14 heavy (non-hydrogen) atoms. The molecule has 0 aliphatic carbocycles. The van der Waals surface area contributed by atoms with Crippen LogP contribution in [0.2, 0.25) is 5.02 Å². The third kappa shape index (κ3) is 1.91. The number of aryl methyl sites for hydroxylation is 1. The van der Waals surface area contributed by atoms with Crippen LogP contribution in [-0.4, -0.2) is 4.98 Å². The van der Waals surface area contributed by atoms with Crippen LogP contribution >= 0.6 is 24.0 Å². The molecule has 0 spiro atoms. The number of hydrogen-bond donors (Lipinski definition) is 1. The number of hydrogen-bond acceptors (Lipinski definition) is 2. The van der Waals surface area contributed by atoms with E-state index in [-0.39, 0.29) is 12.4 Å². The van der Waals surface area contributed by atoms with Crippen molar-refractivity contribution in [1.29, 1.82) is 0 Å². The number of nitrogens with two attached hydrogens (primary N) is 1. The fourth-order valence-corrected chi connectivity index (χ4v) is 1.45. The highest BCUT2D eigenvalue weighted by atomic mass is 35.5. The van der Waals surface area contributed by atoms with Crippen molar-refractivity contribution in [2.75, 3.05) is 5.73 Å². The summed E-state index contributed by atoms with van der Waals surface area (Å²) in [6.07, 6.45) is 0. The summed E-state index contributed by atoms with van der Waals surface area (Å²) >= 11 is 5.85. The Morgan fingerprint density at radius 1 is 1.29 bits per heavy atom. The monoisotopic (exact) mass is 228 g/mol. The van der Waals surface area contributed by atoms with Gasteiger partial charge in [0.1, 0.15) is 5.82 Å². The van der Waals surface area contributed by atoms with E-state index in [1.165, 1.54) is 0 Å². The van der Waals surface area contributed by atoms with Crippen LogP contribution in [0.4, 0.5) is 5.82 Å². The zero-order valence-corrected chi connectivity index (χ0v) is 9.19. The van der Waals surface area contributed by atoms with Crippen LogP contribution in [0, 0.1) is 6.92 Å². The second kappa shape index (κ2) is 4.03. The van der Waals surface area contributed by atoms with E-state index in [0.717, 1.165) is 21.5 Å². The molecule has 1 aromatic heterocycles. The van der Waals surface area contributed by atoms with Crippen molar-refractivity contribution in [3.63, 3.8) is 0 Å². The molecule has 1 aromatic carbocycles. The molecule has 0 aliphatic heterocycles.